The number of para-hydroxylation sites is 1. The van der Waals surface area contributed by atoms with E-state index < -0.39 is 0 Å². The quantitative estimate of drug-likeness (QED) is 0.942. The van der Waals surface area contributed by atoms with Crippen LogP contribution in [0.3, 0.4) is 0 Å². The number of hydrogen-bond donors (Lipinski definition) is 1. The number of piperidine rings is 1. The molecule has 1 aromatic heterocycles. The molecule has 3 rings (SSSR count). The Morgan fingerprint density at radius 2 is 1.86 bits per heavy atom. The van der Waals surface area contributed by atoms with Crippen LogP contribution in [0.25, 0.3) is 0 Å². The molecule has 0 radical (unpaired) electrons. The molecule has 1 N–H and O–H groups in total. The number of hydrogen-bond acceptors (Lipinski definition) is 3. The van der Waals surface area contributed by atoms with Gasteiger partial charge in [0.1, 0.15) is 11.6 Å². The van der Waals surface area contributed by atoms with E-state index in [-0.39, 0.29) is 11.7 Å². The molecular weight excluding hydrogens is 281 g/mol. The third-order valence-electron chi connectivity index (χ3n) is 3.79. The van der Waals surface area contributed by atoms with Gasteiger partial charge in [-0.15, -0.1) is 0 Å². The number of benzene rings is 1. The van der Waals surface area contributed by atoms with Crippen LogP contribution in [0.2, 0.25) is 0 Å². The lowest BCUT2D eigenvalue weighted by Gasteiger charge is -2.26. The van der Waals surface area contributed by atoms with Crippen molar-refractivity contribution < 1.29 is 9.18 Å². The summed E-state index contributed by atoms with van der Waals surface area (Å²) in [5.41, 5.74) is 0.936. The van der Waals surface area contributed by atoms with Crippen molar-refractivity contribution in [1.29, 1.82) is 0 Å². The summed E-state index contributed by atoms with van der Waals surface area (Å²) in [4.78, 5) is 18.4. The lowest BCUT2D eigenvalue weighted by molar-refractivity contribution is 0.0724. The summed E-state index contributed by atoms with van der Waals surface area (Å²) in [6.07, 6.45) is 4.85. The summed E-state index contributed by atoms with van der Waals surface area (Å²) in [6.45, 7) is 1.63. The molecule has 0 atom stereocenters. The third-order valence-corrected chi connectivity index (χ3v) is 3.79. The molecule has 1 saturated heterocycles. The normalized spacial score (nSPS) is 14.7. The summed E-state index contributed by atoms with van der Waals surface area (Å²) in [6, 6.07) is 9.84. The van der Waals surface area contributed by atoms with Gasteiger partial charge in [0.05, 0.1) is 11.3 Å². The highest BCUT2D eigenvalue weighted by Crippen LogP contribution is 2.19. The smallest absolute Gasteiger partial charge is 0.255 e. The molecule has 0 unspecified atom stereocenters. The van der Waals surface area contributed by atoms with Gasteiger partial charge in [-0.3, -0.25) is 4.79 Å². The van der Waals surface area contributed by atoms with E-state index in [0.717, 1.165) is 25.9 Å². The molecule has 5 heteroatoms. The van der Waals surface area contributed by atoms with Crippen LogP contribution in [-0.4, -0.2) is 28.9 Å². The van der Waals surface area contributed by atoms with Crippen LogP contribution in [0, 0.1) is 5.82 Å². The Kier molecular flexibility index (Phi) is 4.32. The van der Waals surface area contributed by atoms with Gasteiger partial charge < -0.3 is 10.2 Å². The Morgan fingerprint density at radius 1 is 1.09 bits per heavy atom. The van der Waals surface area contributed by atoms with Crippen LogP contribution in [0.1, 0.15) is 29.6 Å². The fraction of sp³-hybridized carbons (Fsp3) is 0.294. The topological polar surface area (TPSA) is 45.2 Å². The Bertz CT molecular complexity index is 651. The van der Waals surface area contributed by atoms with Crippen LogP contribution in [0.4, 0.5) is 15.9 Å². The Balaban J connectivity index is 1.70. The summed E-state index contributed by atoms with van der Waals surface area (Å²) in [5, 5.41) is 2.91. The summed E-state index contributed by atoms with van der Waals surface area (Å²) >= 11 is 0. The number of halogens is 1. The second-order valence-electron chi connectivity index (χ2n) is 5.39. The highest BCUT2D eigenvalue weighted by Gasteiger charge is 2.18. The number of nitrogens with zero attached hydrogens (tertiary/aromatic N) is 2. The highest BCUT2D eigenvalue weighted by atomic mass is 19.1. The minimum absolute atomic E-state index is 0.0182. The van der Waals surface area contributed by atoms with Crippen LogP contribution in [0.15, 0.2) is 42.6 Å². The van der Waals surface area contributed by atoms with Gasteiger partial charge in [-0.05, 0) is 43.5 Å². The van der Waals surface area contributed by atoms with Crippen molar-refractivity contribution in [3.63, 3.8) is 0 Å². The maximum Gasteiger partial charge on any atom is 0.255 e. The summed E-state index contributed by atoms with van der Waals surface area (Å²) < 4.78 is 13.6. The van der Waals surface area contributed by atoms with Gasteiger partial charge in [-0.2, -0.15) is 0 Å². The van der Waals surface area contributed by atoms with Gasteiger partial charge in [0.2, 0.25) is 0 Å². The molecule has 22 heavy (non-hydrogen) atoms. The lowest BCUT2D eigenvalue weighted by Crippen LogP contribution is -2.35. The second kappa shape index (κ2) is 6.56. The number of pyridine rings is 1. The molecule has 0 spiro atoms. The van der Waals surface area contributed by atoms with Crippen molar-refractivity contribution in [2.45, 2.75) is 19.3 Å². The summed E-state index contributed by atoms with van der Waals surface area (Å²) in [5.74, 6) is 0.197. The van der Waals surface area contributed by atoms with Gasteiger partial charge in [-0.25, -0.2) is 9.37 Å². The van der Waals surface area contributed by atoms with Crippen molar-refractivity contribution >= 4 is 17.4 Å². The Hall–Kier alpha value is -2.43. The predicted molar refractivity (Wildman–Crippen MR) is 83.7 cm³/mol. The van der Waals surface area contributed by atoms with E-state index in [4.69, 9.17) is 0 Å². The number of carbonyl (C=O) groups is 1. The first-order valence-corrected chi connectivity index (χ1v) is 7.51. The third kappa shape index (κ3) is 3.24. The Morgan fingerprint density at radius 3 is 2.55 bits per heavy atom. The molecule has 4 nitrogen and oxygen atoms in total. The van der Waals surface area contributed by atoms with Gasteiger partial charge in [0.15, 0.2) is 0 Å². The second-order valence-corrected chi connectivity index (χ2v) is 5.39. The number of carbonyl (C=O) groups excluding carboxylic acids is 1. The fourth-order valence-electron chi connectivity index (χ4n) is 2.57. The number of rotatable bonds is 3. The molecule has 1 aliphatic rings. The minimum Gasteiger partial charge on any atom is -0.339 e. The van der Waals surface area contributed by atoms with Crippen molar-refractivity contribution in [2.24, 2.45) is 0 Å². The first-order valence-electron chi connectivity index (χ1n) is 7.51. The molecular formula is C17H18FN3O. The zero-order valence-corrected chi connectivity index (χ0v) is 12.3. The van der Waals surface area contributed by atoms with Gasteiger partial charge in [0.25, 0.3) is 5.91 Å². The first kappa shape index (κ1) is 14.5. The van der Waals surface area contributed by atoms with E-state index in [1.54, 1.807) is 36.5 Å². The maximum atomic E-state index is 13.6. The Labute approximate surface area is 129 Å². The van der Waals surface area contributed by atoms with E-state index in [1.807, 2.05) is 4.90 Å². The van der Waals surface area contributed by atoms with Crippen LogP contribution >= 0.6 is 0 Å². The van der Waals surface area contributed by atoms with Crippen molar-refractivity contribution in [3.05, 3.63) is 54.0 Å². The molecule has 1 amide bonds. The monoisotopic (exact) mass is 299 g/mol. The van der Waals surface area contributed by atoms with E-state index in [9.17, 15) is 9.18 Å². The molecule has 0 bridgehead atoms. The SMILES string of the molecule is O=C(c1ccc(Nc2ccccc2F)nc1)N1CCCCC1. The number of nitrogens with one attached hydrogen (secondary N) is 1. The van der Waals surface area contributed by atoms with Crippen LogP contribution < -0.4 is 5.32 Å². The van der Waals surface area contributed by atoms with Crippen molar-refractivity contribution in [2.75, 3.05) is 18.4 Å². The first-order chi connectivity index (χ1) is 10.7. The fourth-order valence-corrected chi connectivity index (χ4v) is 2.57. The number of likely N-dealkylation sites (tertiary alicyclic amines) is 1. The van der Waals surface area contributed by atoms with E-state index >= 15 is 0 Å². The average Bonchev–Trinajstić information content (AvgIpc) is 2.58. The molecule has 1 aliphatic heterocycles. The average molecular weight is 299 g/mol. The number of amides is 1. The largest absolute Gasteiger partial charge is 0.339 e. The van der Waals surface area contributed by atoms with E-state index in [2.05, 4.69) is 10.3 Å². The predicted octanol–water partition coefficient (Wildman–Crippen LogP) is 3.59. The van der Waals surface area contributed by atoms with Gasteiger partial charge in [-0.1, -0.05) is 12.1 Å². The van der Waals surface area contributed by atoms with Crippen LogP contribution in [0.5, 0.6) is 0 Å². The molecule has 1 aromatic carbocycles. The number of aromatic nitrogens is 1. The van der Waals surface area contributed by atoms with Crippen molar-refractivity contribution in [1.82, 2.24) is 9.88 Å². The van der Waals surface area contributed by atoms with Crippen LogP contribution in [-0.2, 0) is 0 Å². The standard InChI is InChI=1S/C17H18FN3O/c18-14-6-2-3-7-15(14)20-16-9-8-13(12-19-16)17(22)21-10-4-1-5-11-21/h2-3,6-9,12H,1,4-5,10-11H2,(H,19,20). The molecule has 2 aromatic rings. The summed E-state index contributed by atoms with van der Waals surface area (Å²) in [7, 11) is 0. The zero-order valence-electron chi connectivity index (χ0n) is 12.3. The highest BCUT2D eigenvalue weighted by molar-refractivity contribution is 5.94. The zero-order chi connectivity index (χ0) is 15.4. The number of anilines is 2. The minimum atomic E-state index is -0.335. The van der Waals surface area contributed by atoms with Gasteiger partial charge >= 0.3 is 0 Å². The molecule has 114 valence electrons. The molecule has 0 aliphatic carbocycles. The van der Waals surface area contributed by atoms with E-state index in [1.165, 1.54) is 12.5 Å². The lowest BCUT2D eigenvalue weighted by atomic mass is 10.1. The molecule has 2 heterocycles. The maximum absolute atomic E-state index is 13.6. The van der Waals surface area contributed by atoms with Gasteiger partial charge in [0, 0.05) is 19.3 Å². The molecule has 0 saturated carbocycles. The van der Waals surface area contributed by atoms with Crippen molar-refractivity contribution in [3.8, 4) is 0 Å². The molecule has 1 fully saturated rings. The van der Waals surface area contributed by atoms with E-state index in [0.29, 0.717) is 17.1 Å².